The Labute approximate surface area is 70.3 Å². The van der Waals surface area contributed by atoms with Crippen LogP contribution in [0.3, 0.4) is 0 Å². The monoisotopic (exact) mass is 162 g/mol. The van der Waals surface area contributed by atoms with Crippen molar-refractivity contribution in [1.82, 2.24) is 0 Å². The lowest BCUT2D eigenvalue weighted by Gasteiger charge is -2.11. The maximum absolute atomic E-state index is 8.83. The van der Waals surface area contributed by atoms with Crippen LogP contribution >= 0.6 is 0 Å². The molecule has 0 aromatic rings. The third-order valence-electron chi connectivity index (χ3n) is 1.23. The van der Waals surface area contributed by atoms with Crippen LogP contribution in [-0.4, -0.2) is 22.4 Å². The van der Waals surface area contributed by atoms with Crippen molar-refractivity contribution < 1.29 is 10.2 Å². The van der Waals surface area contributed by atoms with Crippen LogP contribution in [0.1, 0.15) is 41.0 Å². The Morgan fingerprint density at radius 1 is 1.27 bits per heavy atom. The van der Waals surface area contributed by atoms with Crippen molar-refractivity contribution in [1.29, 1.82) is 0 Å². The van der Waals surface area contributed by atoms with E-state index in [0.29, 0.717) is 12.5 Å². The van der Waals surface area contributed by atoms with Gasteiger partial charge in [0, 0.05) is 6.61 Å². The second kappa shape index (κ2) is 6.62. The van der Waals surface area contributed by atoms with E-state index in [0.717, 1.165) is 6.42 Å². The molecule has 0 aromatic carbocycles. The van der Waals surface area contributed by atoms with Gasteiger partial charge in [-0.25, -0.2) is 0 Å². The molecule has 0 spiro atoms. The molecule has 0 rings (SSSR count). The zero-order valence-corrected chi connectivity index (χ0v) is 8.39. The van der Waals surface area contributed by atoms with Crippen molar-refractivity contribution in [3.63, 3.8) is 0 Å². The smallest absolute Gasteiger partial charge is 0.0589 e. The van der Waals surface area contributed by atoms with Gasteiger partial charge in [-0.1, -0.05) is 20.8 Å². The number of aliphatic hydroxyl groups is 2. The Morgan fingerprint density at radius 2 is 1.45 bits per heavy atom. The Balaban J connectivity index is 0. The van der Waals surface area contributed by atoms with Crippen LogP contribution in [0.15, 0.2) is 0 Å². The van der Waals surface area contributed by atoms with Gasteiger partial charge in [-0.2, -0.15) is 0 Å². The predicted molar refractivity (Wildman–Crippen MR) is 48.5 cm³/mol. The van der Waals surface area contributed by atoms with E-state index in [-0.39, 0.29) is 0 Å². The lowest BCUT2D eigenvalue weighted by atomic mass is 10.1. The maximum Gasteiger partial charge on any atom is 0.0589 e. The first-order chi connectivity index (χ1) is 4.83. The van der Waals surface area contributed by atoms with Gasteiger partial charge in [0.25, 0.3) is 0 Å². The summed E-state index contributed by atoms with van der Waals surface area (Å²) in [5.41, 5.74) is -0.458. The van der Waals surface area contributed by atoms with Gasteiger partial charge in [0.05, 0.1) is 5.60 Å². The normalized spacial score (nSPS) is 10.9. The average Bonchev–Trinajstić information content (AvgIpc) is 1.88. The Morgan fingerprint density at radius 3 is 1.45 bits per heavy atom. The van der Waals surface area contributed by atoms with Crippen LogP contribution < -0.4 is 0 Å². The molecule has 0 saturated carbocycles. The molecule has 0 radical (unpaired) electrons. The van der Waals surface area contributed by atoms with Crippen LogP contribution in [0, 0.1) is 5.92 Å². The van der Waals surface area contributed by atoms with Crippen molar-refractivity contribution in [3.8, 4) is 0 Å². The molecule has 0 amide bonds. The fourth-order valence-electron chi connectivity index (χ4n) is 0. The standard InChI is InChI=1S/C5H12O.C4H10O/c1-4-5(2,3)6;1-4(2)3-5/h6H,4H2,1-3H3;4-5H,3H2,1-2H3. The summed E-state index contributed by atoms with van der Waals surface area (Å²) >= 11 is 0. The maximum atomic E-state index is 8.83. The molecule has 0 heterocycles. The van der Waals surface area contributed by atoms with Gasteiger partial charge in [-0.05, 0) is 26.2 Å². The highest BCUT2D eigenvalue weighted by molar-refractivity contribution is 4.59. The van der Waals surface area contributed by atoms with Gasteiger partial charge in [-0.15, -0.1) is 0 Å². The van der Waals surface area contributed by atoms with Crippen LogP contribution in [0.25, 0.3) is 0 Å². The number of hydrogen-bond donors (Lipinski definition) is 2. The highest BCUT2D eigenvalue weighted by Crippen LogP contribution is 2.03. The summed E-state index contributed by atoms with van der Waals surface area (Å²) in [6.07, 6.45) is 0.826. The summed E-state index contributed by atoms with van der Waals surface area (Å²) < 4.78 is 0. The van der Waals surface area contributed by atoms with E-state index in [1.54, 1.807) is 13.8 Å². The molecule has 0 atom stereocenters. The first kappa shape index (κ1) is 13.5. The molecule has 0 saturated heterocycles. The van der Waals surface area contributed by atoms with Crippen molar-refractivity contribution in [2.45, 2.75) is 46.6 Å². The summed E-state index contributed by atoms with van der Waals surface area (Å²) in [5.74, 6) is 0.440. The summed E-state index contributed by atoms with van der Waals surface area (Å²) in [6, 6.07) is 0. The van der Waals surface area contributed by atoms with Gasteiger partial charge in [-0.3, -0.25) is 0 Å². The zero-order valence-electron chi connectivity index (χ0n) is 8.39. The summed E-state index contributed by atoms with van der Waals surface area (Å²) in [6.45, 7) is 9.81. The third-order valence-corrected chi connectivity index (χ3v) is 1.23. The second-order valence-corrected chi connectivity index (χ2v) is 3.74. The highest BCUT2D eigenvalue weighted by atomic mass is 16.3. The van der Waals surface area contributed by atoms with E-state index in [1.807, 2.05) is 20.8 Å². The second-order valence-electron chi connectivity index (χ2n) is 3.74. The molecule has 2 heteroatoms. The molecule has 0 aliphatic rings. The molecule has 70 valence electrons. The van der Waals surface area contributed by atoms with E-state index >= 15 is 0 Å². The quantitative estimate of drug-likeness (QED) is 0.650. The molecule has 2 nitrogen and oxygen atoms in total. The first-order valence-electron chi connectivity index (χ1n) is 4.16. The molecular formula is C9H22O2. The minimum Gasteiger partial charge on any atom is -0.396 e. The third kappa shape index (κ3) is 25.7. The average molecular weight is 162 g/mol. The van der Waals surface area contributed by atoms with E-state index in [4.69, 9.17) is 10.2 Å². The topological polar surface area (TPSA) is 40.5 Å². The summed E-state index contributed by atoms with van der Waals surface area (Å²) in [5, 5.41) is 17.0. The van der Waals surface area contributed by atoms with E-state index in [9.17, 15) is 0 Å². The lowest BCUT2D eigenvalue weighted by Crippen LogP contribution is -2.15. The molecule has 0 bridgehead atoms. The van der Waals surface area contributed by atoms with Crippen LogP contribution in [0.5, 0.6) is 0 Å². The predicted octanol–water partition coefficient (Wildman–Crippen LogP) is 1.80. The summed E-state index contributed by atoms with van der Waals surface area (Å²) in [4.78, 5) is 0. The molecule has 2 N–H and O–H groups in total. The van der Waals surface area contributed by atoms with Crippen LogP contribution in [0.2, 0.25) is 0 Å². The Hall–Kier alpha value is -0.0800. The van der Waals surface area contributed by atoms with E-state index < -0.39 is 5.60 Å². The number of aliphatic hydroxyl groups excluding tert-OH is 1. The van der Waals surface area contributed by atoms with Gasteiger partial charge in [0.1, 0.15) is 0 Å². The first-order valence-corrected chi connectivity index (χ1v) is 4.16. The fraction of sp³-hybridized carbons (Fsp3) is 1.00. The molecule has 0 aliphatic carbocycles. The Bertz CT molecular complexity index is 72.1. The molecular weight excluding hydrogens is 140 g/mol. The lowest BCUT2D eigenvalue weighted by molar-refractivity contribution is 0.0765. The highest BCUT2D eigenvalue weighted by Gasteiger charge is 2.05. The van der Waals surface area contributed by atoms with Crippen LogP contribution in [0.4, 0.5) is 0 Å². The van der Waals surface area contributed by atoms with Crippen molar-refractivity contribution >= 4 is 0 Å². The van der Waals surface area contributed by atoms with Crippen LogP contribution in [-0.2, 0) is 0 Å². The molecule has 0 aliphatic heterocycles. The van der Waals surface area contributed by atoms with E-state index in [2.05, 4.69) is 0 Å². The zero-order chi connectivity index (χ0) is 9.49. The van der Waals surface area contributed by atoms with E-state index in [1.165, 1.54) is 0 Å². The number of hydrogen-bond acceptors (Lipinski definition) is 2. The van der Waals surface area contributed by atoms with Crippen molar-refractivity contribution in [3.05, 3.63) is 0 Å². The molecule has 0 unspecified atom stereocenters. The Kier molecular flexibility index (Phi) is 8.13. The molecule has 0 aromatic heterocycles. The van der Waals surface area contributed by atoms with Gasteiger partial charge in [0.2, 0.25) is 0 Å². The summed E-state index contributed by atoms with van der Waals surface area (Å²) in [7, 11) is 0. The molecule has 11 heavy (non-hydrogen) atoms. The number of rotatable bonds is 2. The van der Waals surface area contributed by atoms with Crippen molar-refractivity contribution in [2.24, 2.45) is 5.92 Å². The van der Waals surface area contributed by atoms with Crippen molar-refractivity contribution in [2.75, 3.05) is 6.61 Å². The largest absolute Gasteiger partial charge is 0.396 e. The minimum atomic E-state index is -0.458. The van der Waals surface area contributed by atoms with Gasteiger partial charge >= 0.3 is 0 Å². The van der Waals surface area contributed by atoms with Gasteiger partial charge < -0.3 is 10.2 Å². The minimum absolute atomic E-state index is 0.306. The molecule has 0 fully saturated rings. The van der Waals surface area contributed by atoms with Gasteiger partial charge in [0.15, 0.2) is 0 Å². The SMILES string of the molecule is CC(C)CO.CCC(C)(C)O. The fourth-order valence-corrected chi connectivity index (χ4v) is 0.